The third-order valence-electron chi connectivity index (χ3n) is 3.95. The summed E-state index contributed by atoms with van der Waals surface area (Å²) in [5.74, 6) is 0.399. The number of amides is 1. The van der Waals surface area contributed by atoms with Crippen molar-refractivity contribution in [3.63, 3.8) is 0 Å². The Kier molecular flexibility index (Phi) is 5.49. The van der Waals surface area contributed by atoms with E-state index in [2.05, 4.69) is 15.6 Å². The van der Waals surface area contributed by atoms with Crippen LogP contribution in [0.5, 0.6) is 0 Å². The first-order chi connectivity index (χ1) is 11.5. The Bertz CT molecular complexity index is 627. The van der Waals surface area contributed by atoms with Gasteiger partial charge in [-0.25, -0.2) is 9.78 Å². The number of carbonyl (C=O) groups is 1. The minimum Gasteiger partial charge on any atom is -0.444 e. The molecular weight excluding hydrogens is 335 g/mol. The van der Waals surface area contributed by atoms with Gasteiger partial charge < -0.3 is 15.4 Å². The zero-order valence-corrected chi connectivity index (χ0v) is 14.8. The molecule has 0 unspecified atom stereocenters. The quantitative estimate of drug-likeness (QED) is 0.846. The summed E-state index contributed by atoms with van der Waals surface area (Å²) in [4.78, 5) is 15.8. The van der Waals surface area contributed by atoms with Crippen LogP contribution in [0.4, 0.5) is 23.8 Å². The molecule has 1 fully saturated rings. The van der Waals surface area contributed by atoms with Gasteiger partial charge in [0, 0.05) is 12.2 Å². The second kappa shape index (κ2) is 7.09. The molecule has 140 valence electrons. The average Bonchev–Trinajstić information content (AvgIpc) is 2.84. The van der Waals surface area contributed by atoms with Crippen LogP contribution in [0.2, 0.25) is 0 Å². The number of alkyl halides is 3. The number of rotatable bonds is 3. The Balaban J connectivity index is 2.03. The molecular formula is C17H24F3N3O2. The molecule has 0 aliphatic heterocycles. The molecule has 1 aliphatic carbocycles. The molecule has 8 heteroatoms. The van der Waals surface area contributed by atoms with Crippen molar-refractivity contribution in [2.45, 2.75) is 70.8 Å². The highest BCUT2D eigenvalue weighted by Gasteiger charge is 2.33. The molecule has 0 bridgehead atoms. The molecule has 0 spiro atoms. The smallest absolute Gasteiger partial charge is 0.417 e. The van der Waals surface area contributed by atoms with Crippen molar-refractivity contribution in [1.29, 1.82) is 0 Å². The van der Waals surface area contributed by atoms with Crippen LogP contribution in [0.1, 0.15) is 51.2 Å². The van der Waals surface area contributed by atoms with Crippen molar-refractivity contribution in [1.82, 2.24) is 10.3 Å². The van der Waals surface area contributed by atoms with E-state index in [-0.39, 0.29) is 12.1 Å². The lowest BCUT2D eigenvalue weighted by molar-refractivity contribution is -0.137. The normalized spacial score (nSPS) is 21.1. The molecule has 1 heterocycles. The first kappa shape index (κ1) is 19.3. The first-order valence-electron chi connectivity index (χ1n) is 8.25. The molecule has 1 aliphatic rings. The third kappa shape index (κ3) is 5.51. The molecule has 25 heavy (non-hydrogen) atoms. The van der Waals surface area contributed by atoms with E-state index in [9.17, 15) is 18.0 Å². The molecule has 1 amide bonds. The maximum absolute atomic E-state index is 12.7. The van der Waals surface area contributed by atoms with Crippen molar-refractivity contribution in [2.24, 2.45) is 0 Å². The topological polar surface area (TPSA) is 63.2 Å². The number of nitrogens with one attached hydrogen (secondary N) is 2. The number of aromatic nitrogens is 1. The molecule has 5 nitrogen and oxygen atoms in total. The van der Waals surface area contributed by atoms with E-state index in [1.165, 1.54) is 0 Å². The fraction of sp³-hybridized carbons (Fsp3) is 0.647. The summed E-state index contributed by atoms with van der Waals surface area (Å²) in [6.07, 6.45) is -1.62. The van der Waals surface area contributed by atoms with Gasteiger partial charge in [-0.2, -0.15) is 13.2 Å². The summed E-state index contributed by atoms with van der Waals surface area (Å²) >= 11 is 0. The van der Waals surface area contributed by atoms with Crippen molar-refractivity contribution in [2.75, 3.05) is 5.32 Å². The van der Waals surface area contributed by atoms with E-state index in [1.54, 1.807) is 27.7 Å². The molecule has 2 N–H and O–H groups in total. The molecule has 2 atom stereocenters. The maximum Gasteiger partial charge on any atom is 0.417 e. The first-order valence-corrected chi connectivity index (χ1v) is 8.25. The number of anilines is 1. The monoisotopic (exact) mass is 359 g/mol. The van der Waals surface area contributed by atoms with Crippen LogP contribution in [0.25, 0.3) is 0 Å². The summed E-state index contributed by atoms with van der Waals surface area (Å²) in [5.41, 5.74) is -0.944. The van der Waals surface area contributed by atoms with Gasteiger partial charge in [-0.05, 0) is 58.6 Å². The number of alkyl carbamates (subject to hydrolysis) is 1. The van der Waals surface area contributed by atoms with Crippen LogP contribution in [0.15, 0.2) is 12.3 Å². The van der Waals surface area contributed by atoms with Gasteiger partial charge in [-0.1, -0.05) is 0 Å². The highest BCUT2D eigenvalue weighted by Crippen LogP contribution is 2.31. The highest BCUT2D eigenvalue weighted by atomic mass is 19.4. The van der Waals surface area contributed by atoms with E-state index in [1.807, 2.05) is 0 Å². The maximum atomic E-state index is 12.7. The Morgan fingerprint density at radius 2 is 1.88 bits per heavy atom. The molecule has 1 aromatic heterocycles. The second-order valence-corrected chi connectivity index (χ2v) is 7.32. The molecule has 0 radical (unpaired) electrons. The fourth-order valence-corrected chi connectivity index (χ4v) is 2.82. The molecule has 2 rings (SSSR count). The summed E-state index contributed by atoms with van der Waals surface area (Å²) in [7, 11) is 0. The molecule has 0 aromatic carbocycles. The molecule has 1 aromatic rings. The van der Waals surface area contributed by atoms with Crippen LogP contribution in [-0.4, -0.2) is 28.8 Å². The highest BCUT2D eigenvalue weighted by molar-refractivity contribution is 5.68. The Morgan fingerprint density at radius 1 is 1.24 bits per heavy atom. The summed E-state index contributed by atoms with van der Waals surface area (Å²) in [5, 5.41) is 5.99. The van der Waals surface area contributed by atoms with Crippen molar-refractivity contribution >= 4 is 11.9 Å². The lowest BCUT2D eigenvalue weighted by Gasteiger charge is -2.26. The third-order valence-corrected chi connectivity index (χ3v) is 3.95. The number of pyridine rings is 1. The summed E-state index contributed by atoms with van der Waals surface area (Å²) in [6, 6.07) is 0.814. The zero-order valence-electron chi connectivity index (χ0n) is 14.8. The van der Waals surface area contributed by atoms with Gasteiger partial charge in [-0.15, -0.1) is 0 Å². The number of hydrogen-bond donors (Lipinski definition) is 2. The van der Waals surface area contributed by atoms with E-state index in [0.717, 1.165) is 31.5 Å². The van der Waals surface area contributed by atoms with E-state index < -0.39 is 23.4 Å². The second-order valence-electron chi connectivity index (χ2n) is 7.32. The van der Waals surface area contributed by atoms with Gasteiger partial charge in [0.15, 0.2) is 0 Å². The minimum absolute atomic E-state index is 0.101. The van der Waals surface area contributed by atoms with Crippen LogP contribution in [-0.2, 0) is 10.9 Å². The predicted octanol–water partition coefficient (Wildman–Crippen LogP) is 4.27. The number of halogens is 3. The van der Waals surface area contributed by atoms with Gasteiger partial charge in [0.25, 0.3) is 0 Å². The summed E-state index contributed by atoms with van der Waals surface area (Å²) < 4.78 is 43.4. The van der Waals surface area contributed by atoms with Gasteiger partial charge in [-0.3, -0.25) is 0 Å². The molecule has 0 saturated heterocycles. The van der Waals surface area contributed by atoms with Crippen molar-refractivity contribution in [3.05, 3.63) is 23.4 Å². The van der Waals surface area contributed by atoms with Crippen LogP contribution in [0, 0.1) is 6.92 Å². The number of ether oxygens (including phenoxy) is 1. The predicted molar refractivity (Wildman–Crippen MR) is 88.4 cm³/mol. The Morgan fingerprint density at radius 3 is 2.44 bits per heavy atom. The number of aryl methyl sites for hydroxylation is 1. The van der Waals surface area contributed by atoms with Gasteiger partial charge >= 0.3 is 12.3 Å². The fourth-order valence-electron chi connectivity index (χ4n) is 2.82. The standard InChI is InChI=1S/C17H24F3N3O2/c1-10-8-11(17(18,19)20)9-21-14(10)22-12-6-5-7-13(12)23-15(24)25-16(2,3)4/h8-9,12-13H,5-7H2,1-4H3,(H,21,22)(H,23,24)/t12-,13-/m0/s1. The van der Waals surface area contributed by atoms with E-state index in [0.29, 0.717) is 11.4 Å². The SMILES string of the molecule is Cc1cc(C(F)(F)F)cnc1N[C@H]1CCC[C@@H]1NC(=O)OC(C)(C)C. The minimum atomic E-state index is -4.41. The van der Waals surface area contributed by atoms with Gasteiger partial charge in [0.1, 0.15) is 11.4 Å². The molecule has 1 saturated carbocycles. The lowest BCUT2D eigenvalue weighted by atomic mass is 10.1. The van der Waals surface area contributed by atoms with Crippen LogP contribution < -0.4 is 10.6 Å². The van der Waals surface area contributed by atoms with E-state index in [4.69, 9.17) is 4.74 Å². The van der Waals surface area contributed by atoms with Gasteiger partial charge in [0.05, 0.1) is 11.6 Å². The number of hydrogen-bond acceptors (Lipinski definition) is 4. The summed E-state index contributed by atoms with van der Waals surface area (Å²) in [6.45, 7) is 6.93. The Labute approximate surface area is 145 Å². The van der Waals surface area contributed by atoms with Crippen LogP contribution in [0.3, 0.4) is 0 Å². The van der Waals surface area contributed by atoms with Crippen LogP contribution >= 0.6 is 0 Å². The largest absolute Gasteiger partial charge is 0.444 e. The Hall–Kier alpha value is -1.99. The number of nitrogens with zero attached hydrogens (tertiary/aromatic N) is 1. The zero-order chi connectivity index (χ0) is 18.8. The van der Waals surface area contributed by atoms with Gasteiger partial charge in [0.2, 0.25) is 0 Å². The lowest BCUT2D eigenvalue weighted by Crippen LogP contribution is -2.45. The van der Waals surface area contributed by atoms with Crippen molar-refractivity contribution in [3.8, 4) is 0 Å². The van der Waals surface area contributed by atoms with Crippen molar-refractivity contribution < 1.29 is 22.7 Å². The number of carbonyl (C=O) groups excluding carboxylic acids is 1. The van der Waals surface area contributed by atoms with E-state index >= 15 is 0 Å². The average molecular weight is 359 g/mol.